The molecule has 15 heavy (non-hydrogen) atoms. The lowest BCUT2D eigenvalue weighted by Gasteiger charge is -2.25. The molecule has 1 rings (SSSR count). The molecule has 1 N–H and O–H groups in total. The molecule has 1 saturated heterocycles. The summed E-state index contributed by atoms with van der Waals surface area (Å²) in [5.41, 5.74) is 0. The third kappa shape index (κ3) is 5.50. The van der Waals surface area contributed by atoms with Gasteiger partial charge in [-0.1, -0.05) is 13.8 Å². The zero-order valence-corrected chi connectivity index (χ0v) is 10.5. The van der Waals surface area contributed by atoms with Gasteiger partial charge >= 0.3 is 0 Å². The van der Waals surface area contributed by atoms with E-state index in [1.165, 1.54) is 19.5 Å². The van der Waals surface area contributed by atoms with Crippen LogP contribution in [0, 0.1) is 5.92 Å². The molecule has 1 aliphatic heterocycles. The van der Waals surface area contributed by atoms with Crippen molar-refractivity contribution in [1.29, 1.82) is 0 Å². The first-order chi connectivity index (χ1) is 7.22. The van der Waals surface area contributed by atoms with E-state index in [0.717, 1.165) is 32.2 Å². The standard InChI is InChI=1S/C12H26N2O/c1-4-13-8-11(2)9-14-6-5-7-15-12(3)10-14/h11-13H,4-10H2,1-3H3. The van der Waals surface area contributed by atoms with Crippen molar-refractivity contribution >= 4 is 0 Å². The smallest absolute Gasteiger partial charge is 0.0673 e. The average molecular weight is 214 g/mol. The van der Waals surface area contributed by atoms with E-state index in [9.17, 15) is 0 Å². The van der Waals surface area contributed by atoms with Crippen LogP contribution in [0.2, 0.25) is 0 Å². The Morgan fingerprint density at radius 1 is 1.53 bits per heavy atom. The van der Waals surface area contributed by atoms with E-state index in [1.54, 1.807) is 0 Å². The van der Waals surface area contributed by atoms with Gasteiger partial charge in [-0.05, 0) is 32.4 Å². The second-order valence-electron chi connectivity index (χ2n) is 4.71. The van der Waals surface area contributed by atoms with Crippen molar-refractivity contribution < 1.29 is 4.74 Å². The molecule has 0 aromatic heterocycles. The van der Waals surface area contributed by atoms with E-state index in [0.29, 0.717) is 6.10 Å². The van der Waals surface area contributed by atoms with Gasteiger partial charge in [-0.2, -0.15) is 0 Å². The normalized spacial score (nSPS) is 26.2. The van der Waals surface area contributed by atoms with E-state index in [-0.39, 0.29) is 0 Å². The zero-order chi connectivity index (χ0) is 11.1. The summed E-state index contributed by atoms with van der Waals surface area (Å²) in [5.74, 6) is 0.732. The largest absolute Gasteiger partial charge is 0.377 e. The molecular weight excluding hydrogens is 188 g/mol. The highest BCUT2D eigenvalue weighted by molar-refractivity contribution is 4.70. The Labute approximate surface area is 94.2 Å². The summed E-state index contributed by atoms with van der Waals surface area (Å²) in [6, 6.07) is 0. The Kier molecular flexibility index (Phi) is 6.22. The van der Waals surface area contributed by atoms with E-state index in [4.69, 9.17) is 4.74 Å². The first-order valence-electron chi connectivity index (χ1n) is 6.27. The fraction of sp³-hybridized carbons (Fsp3) is 1.00. The van der Waals surface area contributed by atoms with Crippen LogP contribution in [0.1, 0.15) is 27.2 Å². The Hall–Kier alpha value is -0.120. The minimum atomic E-state index is 0.402. The van der Waals surface area contributed by atoms with Gasteiger partial charge in [0.05, 0.1) is 6.10 Å². The molecule has 0 radical (unpaired) electrons. The Bertz CT molecular complexity index is 164. The average Bonchev–Trinajstić information content (AvgIpc) is 2.39. The van der Waals surface area contributed by atoms with Gasteiger partial charge < -0.3 is 15.0 Å². The molecule has 1 fully saturated rings. The monoisotopic (exact) mass is 214 g/mol. The third-order valence-electron chi connectivity index (χ3n) is 2.85. The van der Waals surface area contributed by atoms with Crippen molar-refractivity contribution in [3.05, 3.63) is 0 Å². The van der Waals surface area contributed by atoms with E-state index in [1.807, 2.05) is 0 Å². The lowest BCUT2D eigenvalue weighted by Crippen LogP contribution is -2.36. The van der Waals surface area contributed by atoms with Crippen molar-refractivity contribution in [2.45, 2.75) is 33.3 Å². The quantitative estimate of drug-likeness (QED) is 0.747. The summed E-state index contributed by atoms with van der Waals surface area (Å²) in [6.07, 6.45) is 1.58. The van der Waals surface area contributed by atoms with Crippen LogP contribution in [0.25, 0.3) is 0 Å². The van der Waals surface area contributed by atoms with Crippen molar-refractivity contribution in [1.82, 2.24) is 10.2 Å². The lowest BCUT2D eigenvalue weighted by atomic mass is 10.1. The maximum absolute atomic E-state index is 5.64. The van der Waals surface area contributed by atoms with Gasteiger partial charge in [0.15, 0.2) is 0 Å². The fourth-order valence-electron chi connectivity index (χ4n) is 2.14. The summed E-state index contributed by atoms with van der Waals surface area (Å²) in [4.78, 5) is 2.54. The molecule has 3 heteroatoms. The van der Waals surface area contributed by atoms with Crippen molar-refractivity contribution in [3.63, 3.8) is 0 Å². The topological polar surface area (TPSA) is 24.5 Å². The Morgan fingerprint density at radius 3 is 3.07 bits per heavy atom. The number of nitrogens with zero attached hydrogens (tertiary/aromatic N) is 1. The predicted octanol–water partition coefficient (Wildman–Crippen LogP) is 1.34. The number of hydrogen-bond donors (Lipinski definition) is 1. The highest BCUT2D eigenvalue weighted by Gasteiger charge is 2.16. The SMILES string of the molecule is CCNCC(C)CN1CCCOC(C)C1. The minimum absolute atomic E-state index is 0.402. The summed E-state index contributed by atoms with van der Waals surface area (Å²) >= 11 is 0. The van der Waals surface area contributed by atoms with Crippen LogP contribution in [0.5, 0.6) is 0 Å². The number of hydrogen-bond acceptors (Lipinski definition) is 3. The van der Waals surface area contributed by atoms with Crippen molar-refractivity contribution in [2.75, 3.05) is 39.3 Å². The number of nitrogens with one attached hydrogen (secondary N) is 1. The van der Waals surface area contributed by atoms with Crippen LogP contribution < -0.4 is 5.32 Å². The van der Waals surface area contributed by atoms with Gasteiger partial charge in [0.25, 0.3) is 0 Å². The predicted molar refractivity (Wildman–Crippen MR) is 64.2 cm³/mol. The third-order valence-corrected chi connectivity index (χ3v) is 2.85. The molecule has 2 atom stereocenters. The molecule has 2 unspecified atom stereocenters. The van der Waals surface area contributed by atoms with Crippen LogP contribution in [0.3, 0.4) is 0 Å². The first kappa shape index (κ1) is 12.9. The first-order valence-corrected chi connectivity index (χ1v) is 6.27. The Morgan fingerprint density at radius 2 is 2.33 bits per heavy atom. The van der Waals surface area contributed by atoms with Crippen LogP contribution in [-0.2, 0) is 4.74 Å². The maximum atomic E-state index is 5.64. The molecule has 90 valence electrons. The summed E-state index contributed by atoms with van der Waals surface area (Å²) in [5, 5.41) is 3.41. The van der Waals surface area contributed by atoms with Gasteiger partial charge in [0, 0.05) is 26.2 Å². The van der Waals surface area contributed by atoms with Gasteiger partial charge in [0.1, 0.15) is 0 Å². The number of ether oxygens (including phenoxy) is 1. The van der Waals surface area contributed by atoms with Gasteiger partial charge in [-0.15, -0.1) is 0 Å². The molecule has 3 nitrogen and oxygen atoms in total. The molecule has 0 aromatic carbocycles. The summed E-state index contributed by atoms with van der Waals surface area (Å²) in [6.45, 7) is 13.3. The molecule has 1 aliphatic rings. The lowest BCUT2D eigenvalue weighted by molar-refractivity contribution is 0.0659. The molecule has 0 saturated carbocycles. The zero-order valence-electron chi connectivity index (χ0n) is 10.5. The summed E-state index contributed by atoms with van der Waals surface area (Å²) in [7, 11) is 0. The van der Waals surface area contributed by atoms with E-state index >= 15 is 0 Å². The molecule has 0 spiro atoms. The molecule has 0 aliphatic carbocycles. The van der Waals surface area contributed by atoms with Crippen LogP contribution >= 0.6 is 0 Å². The minimum Gasteiger partial charge on any atom is -0.377 e. The van der Waals surface area contributed by atoms with Crippen molar-refractivity contribution in [3.8, 4) is 0 Å². The van der Waals surface area contributed by atoms with E-state index < -0.39 is 0 Å². The number of rotatable bonds is 5. The molecule has 0 aromatic rings. The maximum Gasteiger partial charge on any atom is 0.0673 e. The highest BCUT2D eigenvalue weighted by Crippen LogP contribution is 2.07. The van der Waals surface area contributed by atoms with Crippen LogP contribution in [0.15, 0.2) is 0 Å². The highest BCUT2D eigenvalue weighted by atomic mass is 16.5. The molecular formula is C12H26N2O. The van der Waals surface area contributed by atoms with Crippen LogP contribution in [-0.4, -0.2) is 50.3 Å². The summed E-state index contributed by atoms with van der Waals surface area (Å²) < 4.78 is 5.64. The van der Waals surface area contributed by atoms with Gasteiger partial charge in [-0.25, -0.2) is 0 Å². The van der Waals surface area contributed by atoms with Gasteiger partial charge in [-0.3, -0.25) is 0 Å². The van der Waals surface area contributed by atoms with E-state index in [2.05, 4.69) is 31.0 Å². The van der Waals surface area contributed by atoms with Crippen molar-refractivity contribution in [2.24, 2.45) is 5.92 Å². The second kappa shape index (κ2) is 7.20. The molecule has 0 amide bonds. The molecule has 0 bridgehead atoms. The van der Waals surface area contributed by atoms with Gasteiger partial charge in [0.2, 0.25) is 0 Å². The Balaban J connectivity index is 2.22. The molecule has 1 heterocycles. The van der Waals surface area contributed by atoms with Crippen LogP contribution in [0.4, 0.5) is 0 Å². The fourth-order valence-corrected chi connectivity index (χ4v) is 2.14. The second-order valence-corrected chi connectivity index (χ2v) is 4.71.